The number of amides is 1. The number of hydrogen-bond donors (Lipinski definition) is 2. The van der Waals surface area contributed by atoms with Crippen LogP contribution in [-0.2, 0) is 4.79 Å². The molecule has 0 saturated carbocycles. The van der Waals surface area contributed by atoms with Crippen LogP contribution in [0.1, 0.15) is 13.3 Å². The average molecular weight is 396 g/mol. The first-order chi connectivity index (χ1) is 13.3. The number of benzene rings is 2. The first kappa shape index (κ1) is 19.7. The number of ether oxygens (including phenoxy) is 3. The number of alkyl halides is 3. The number of halogens is 3. The summed E-state index contributed by atoms with van der Waals surface area (Å²) in [6, 6.07) is 9.63. The molecule has 0 aliphatic carbocycles. The van der Waals surface area contributed by atoms with Gasteiger partial charge in [-0.2, -0.15) is 0 Å². The van der Waals surface area contributed by atoms with Crippen LogP contribution in [0, 0.1) is 0 Å². The third-order valence-electron chi connectivity index (χ3n) is 3.88. The van der Waals surface area contributed by atoms with Gasteiger partial charge in [-0.15, -0.1) is 13.2 Å². The highest BCUT2D eigenvalue weighted by molar-refractivity contribution is 5.96. The van der Waals surface area contributed by atoms with Crippen molar-refractivity contribution < 1.29 is 32.2 Å². The summed E-state index contributed by atoms with van der Waals surface area (Å²) in [7, 11) is 0. The molecule has 0 fully saturated rings. The van der Waals surface area contributed by atoms with Crippen LogP contribution in [0.25, 0.3) is 0 Å². The second kappa shape index (κ2) is 8.28. The zero-order chi connectivity index (χ0) is 20.1. The van der Waals surface area contributed by atoms with Crippen molar-refractivity contribution in [1.29, 1.82) is 0 Å². The SMILES string of the molecule is C[C@@H](Nc1ccc2c(c1)OCCCO2)C(=O)Nc1ccc(OC(F)(F)F)cc1. The van der Waals surface area contributed by atoms with E-state index < -0.39 is 12.4 Å². The standard InChI is InChI=1S/C19H19F3N2O4/c1-12(23-14-5-8-16-17(11-14)27-10-2-9-26-16)18(25)24-13-3-6-15(7-4-13)28-19(20,21)22/h3-8,11-12,23H,2,9-10H2,1H3,(H,24,25)/t12-/m1/s1. The second-order valence-electron chi connectivity index (χ2n) is 6.14. The molecule has 2 aromatic rings. The molecule has 0 unspecified atom stereocenters. The number of anilines is 2. The monoisotopic (exact) mass is 396 g/mol. The quantitative estimate of drug-likeness (QED) is 0.793. The Kier molecular flexibility index (Phi) is 5.81. The van der Waals surface area contributed by atoms with Crippen molar-refractivity contribution >= 4 is 17.3 Å². The van der Waals surface area contributed by atoms with E-state index in [1.54, 1.807) is 25.1 Å². The van der Waals surface area contributed by atoms with Crippen LogP contribution < -0.4 is 24.8 Å². The number of carbonyl (C=O) groups is 1. The Labute approximate surface area is 159 Å². The van der Waals surface area contributed by atoms with Gasteiger partial charge in [-0.25, -0.2) is 0 Å². The Hall–Kier alpha value is -3.10. The summed E-state index contributed by atoms with van der Waals surface area (Å²) in [6.45, 7) is 2.81. The molecular weight excluding hydrogens is 377 g/mol. The summed E-state index contributed by atoms with van der Waals surface area (Å²) < 4.78 is 51.5. The first-order valence-electron chi connectivity index (χ1n) is 8.63. The number of carbonyl (C=O) groups excluding carboxylic acids is 1. The minimum atomic E-state index is -4.76. The molecule has 0 saturated heterocycles. The zero-order valence-electron chi connectivity index (χ0n) is 15.0. The van der Waals surface area contributed by atoms with E-state index in [9.17, 15) is 18.0 Å². The molecule has 1 amide bonds. The third kappa shape index (κ3) is 5.45. The Morgan fingerprint density at radius 1 is 1.04 bits per heavy atom. The van der Waals surface area contributed by atoms with Gasteiger partial charge in [0.15, 0.2) is 11.5 Å². The molecule has 9 heteroatoms. The van der Waals surface area contributed by atoms with Crippen molar-refractivity contribution in [2.75, 3.05) is 23.8 Å². The number of rotatable bonds is 5. The highest BCUT2D eigenvalue weighted by Gasteiger charge is 2.31. The van der Waals surface area contributed by atoms with Gasteiger partial charge in [0.1, 0.15) is 11.8 Å². The van der Waals surface area contributed by atoms with E-state index in [0.717, 1.165) is 18.6 Å². The number of fused-ring (bicyclic) bond motifs is 1. The normalized spacial score (nSPS) is 14.6. The van der Waals surface area contributed by atoms with Crippen molar-refractivity contribution in [2.24, 2.45) is 0 Å². The van der Waals surface area contributed by atoms with E-state index in [1.807, 2.05) is 0 Å². The zero-order valence-corrected chi connectivity index (χ0v) is 15.0. The minimum Gasteiger partial charge on any atom is -0.490 e. The third-order valence-corrected chi connectivity index (χ3v) is 3.88. The maximum absolute atomic E-state index is 12.3. The fourth-order valence-corrected chi connectivity index (χ4v) is 2.56. The van der Waals surface area contributed by atoms with Gasteiger partial charge >= 0.3 is 6.36 Å². The number of nitrogens with one attached hydrogen (secondary N) is 2. The summed E-state index contributed by atoms with van der Waals surface area (Å²) >= 11 is 0. The van der Waals surface area contributed by atoms with Crippen LogP contribution in [0.3, 0.4) is 0 Å². The average Bonchev–Trinajstić information content (AvgIpc) is 2.87. The molecular formula is C19H19F3N2O4. The molecule has 6 nitrogen and oxygen atoms in total. The van der Waals surface area contributed by atoms with E-state index in [4.69, 9.17) is 9.47 Å². The van der Waals surface area contributed by atoms with E-state index in [2.05, 4.69) is 15.4 Å². The maximum atomic E-state index is 12.3. The van der Waals surface area contributed by atoms with Gasteiger partial charge in [0.05, 0.1) is 13.2 Å². The van der Waals surface area contributed by atoms with Gasteiger partial charge in [-0.3, -0.25) is 4.79 Å². The van der Waals surface area contributed by atoms with Crippen LogP contribution in [0.15, 0.2) is 42.5 Å². The Morgan fingerprint density at radius 3 is 2.36 bits per heavy atom. The molecule has 2 N–H and O–H groups in total. The summed E-state index contributed by atoms with van der Waals surface area (Å²) in [5.74, 6) is 0.553. The Balaban J connectivity index is 1.58. The lowest BCUT2D eigenvalue weighted by Crippen LogP contribution is -2.31. The first-order valence-corrected chi connectivity index (χ1v) is 8.63. The van der Waals surface area contributed by atoms with E-state index in [-0.39, 0.29) is 11.7 Å². The van der Waals surface area contributed by atoms with Crippen molar-refractivity contribution in [3.05, 3.63) is 42.5 Å². The Morgan fingerprint density at radius 2 is 1.68 bits per heavy atom. The lowest BCUT2D eigenvalue weighted by molar-refractivity contribution is -0.274. The molecule has 28 heavy (non-hydrogen) atoms. The lowest BCUT2D eigenvalue weighted by atomic mass is 10.2. The summed E-state index contributed by atoms with van der Waals surface area (Å²) in [6.07, 6.45) is -3.96. The molecule has 0 radical (unpaired) electrons. The fourth-order valence-electron chi connectivity index (χ4n) is 2.56. The minimum absolute atomic E-state index is 0.350. The molecule has 150 valence electrons. The van der Waals surface area contributed by atoms with Gasteiger partial charge in [-0.05, 0) is 43.3 Å². The van der Waals surface area contributed by atoms with E-state index in [1.165, 1.54) is 12.1 Å². The van der Waals surface area contributed by atoms with Crippen molar-refractivity contribution in [3.8, 4) is 17.2 Å². The van der Waals surface area contributed by atoms with Gasteiger partial charge < -0.3 is 24.8 Å². The second-order valence-corrected chi connectivity index (χ2v) is 6.14. The largest absolute Gasteiger partial charge is 0.573 e. The van der Waals surface area contributed by atoms with Gasteiger partial charge in [0.25, 0.3) is 0 Å². The summed E-state index contributed by atoms with van der Waals surface area (Å²) in [4.78, 5) is 12.3. The van der Waals surface area contributed by atoms with Gasteiger partial charge in [0.2, 0.25) is 5.91 Å². The van der Waals surface area contributed by atoms with Crippen molar-refractivity contribution in [2.45, 2.75) is 25.7 Å². The van der Waals surface area contributed by atoms with Crippen LogP contribution in [-0.4, -0.2) is 31.5 Å². The smallest absolute Gasteiger partial charge is 0.490 e. The predicted molar refractivity (Wildman–Crippen MR) is 96.9 cm³/mol. The molecule has 2 aromatic carbocycles. The van der Waals surface area contributed by atoms with Gasteiger partial charge in [0, 0.05) is 23.9 Å². The predicted octanol–water partition coefficient (Wildman–Crippen LogP) is 4.19. The van der Waals surface area contributed by atoms with Crippen LogP contribution in [0.2, 0.25) is 0 Å². The molecule has 0 aromatic heterocycles. The highest BCUT2D eigenvalue weighted by atomic mass is 19.4. The van der Waals surface area contributed by atoms with Crippen LogP contribution >= 0.6 is 0 Å². The molecule has 1 atom stereocenters. The number of hydrogen-bond acceptors (Lipinski definition) is 5. The van der Waals surface area contributed by atoms with Crippen LogP contribution in [0.4, 0.5) is 24.5 Å². The van der Waals surface area contributed by atoms with E-state index in [0.29, 0.717) is 36.1 Å². The van der Waals surface area contributed by atoms with E-state index >= 15 is 0 Å². The highest BCUT2D eigenvalue weighted by Crippen LogP contribution is 2.32. The molecule has 0 bridgehead atoms. The van der Waals surface area contributed by atoms with Crippen molar-refractivity contribution in [1.82, 2.24) is 0 Å². The molecule has 3 rings (SSSR count). The topological polar surface area (TPSA) is 68.8 Å². The Bertz CT molecular complexity index is 825. The fraction of sp³-hybridized carbons (Fsp3) is 0.316. The van der Waals surface area contributed by atoms with Crippen LogP contribution in [0.5, 0.6) is 17.2 Å². The summed E-state index contributed by atoms with van der Waals surface area (Å²) in [5, 5.41) is 5.68. The van der Waals surface area contributed by atoms with Crippen molar-refractivity contribution in [3.63, 3.8) is 0 Å². The molecule has 1 heterocycles. The maximum Gasteiger partial charge on any atom is 0.573 e. The molecule has 0 spiro atoms. The molecule has 1 aliphatic heterocycles. The molecule has 1 aliphatic rings. The lowest BCUT2D eigenvalue weighted by Gasteiger charge is -2.17. The van der Waals surface area contributed by atoms with Gasteiger partial charge in [-0.1, -0.05) is 0 Å². The summed E-state index contributed by atoms with van der Waals surface area (Å²) in [5.41, 5.74) is 1.03.